The van der Waals surface area contributed by atoms with Crippen molar-refractivity contribution in [3.8, 4) is 11.5 Å². The molecule has 0 aliphatic carbocycles. The van der Waals surface area contributed by atoms with E-state index in [4.69, 9.17) is 24.5 Å². The lowest BCUT2D eigenvalue weighted by Gasteiger charge is -2.39. The first kappa shape index (κ1) is 26.5. The Morgan fingerprint density at radius 1 is 1.11 bits per heavy atom. The molecule has 3 rings (SSSR count). The Balaban J connectivity index is 1.96. The van der Waals surface area contributed by atoms with E-state index in [0.29, 0.717) is 17.1 Å². The summed E-state index contributed by atoms with van der Waals surface area (Å²) in [6.07, 6.45) is 4.53. The number of fused-ring (bicyclic) bond motifs is 1. The molecule has 0 radical (unpaired) electrons. The van der Waals surface area contributed by atoms with Crippen LogP contribution < -0.4 is 15.1 Å². The number of allylic oxidation sites excluding steroid dienone is 2. The Labute approximate surface area is 208 Å². The van der Waals surface area contributed by atoms with E-state index >= 15 is 0 Å². The number of nitrogens with zero attached hydrogens (tertiary/aromatic N) is 1. The predicted octanol–water partition coefficient (Wildman–Crippen LogP) is 5.27. The van der Waals surface area contributed by atoms with Gasteiger partial charge in [0.25, 0.3) is 0 Å². The number of methoxy groups -OCH3 is 3. The van der Waals surface area contributed by atoms with Crippen molar-refractivity contribution >= 4 is 11.8 Å². The average Bonchev–Trinajstić information content (AvgIpc) is 2.85. The second-order valence-electron chi connectivity index (χ2n) is 9.40. The van der Waals surface area contributed by atoms with Crippen molar-refractivity contribution in [2.75, 3.05) is 27.9 Å². The van der Waals surface area contributed by atoms with Crippen LogP contribution in [0.4, 0.5) is 0 Å². The second-order valence-corrected chi connectivity index (χ2v) is 9.40. The Bertz CT molecular complexity index is 1070. The maximum atomic E-state index is 7.81. The lowest BCUT2D eigenvalue weighted by molar-refractivity contribution is -0.170. The molecule has 0 bridgehead atoms. The van der Waals surface area contributed by atoms with Gasteiger partial charge >= 0.3 is 0 Å². The zero-order valence-electron chi connectivity index (χ0n) is 21.6. The summed E-state index contributed by atoms with van der Waals surface area (Å²) < 4.78 is 16.5. The summed E-state index contributed by atoms with van der Waals surface area (Å²) in [4.78, 5) is 5.94. The molecule has 188 valence electrons. The number of ether oxygens (including phenoxy) is 3. The molecule has 0 amide bonds. The molecule has 0 saturated heterocycles. The van der Waals surface area contributed by atoms with Crippen LogP contribution in [0.2, 0.25) is 0 Å². The topological polar surface area (TPSA) is 76.0 Å². The fourth-order valence-electron chi connectivity index (χ4n) is 4.20. The van der Waals surface area contributed by atoms with Gasteiger partial charge < -0.3 is 19.6 Å². The normalized spacial score (nSPS) is 16.7. The molecule has 1 atom stereocenters. The van der Waals surface area contributed by atoms with Crippen LogP contribution in [0.15, 0.2) is 54.8 Å². The third kappa shape index (κ3) is 6.31. The van der Waals surface area contributed by atoms with E-state index in [1.165, 1.54) is 17.3 Å². The molecule has 35 heavy (non-hydrogen) atoms. The molecular formula is C28H37N3O4. The Hall–Kier alpha value is -3.13. The van der Waals surface area contributed by atoms with E-state index in [1.54, 1.807) is 27.4 Å². The third-order valence-corrected chi connectivity index (χ3v) is 5.98. The lowest BCUT2D eigenvalue weighted by atomic mass is 9.89. The zero-order chi connectivity index (χ0) is 25.6. The van der Waals surface area contributed by atoms with Crippen LogP contribution in [-0.2, 0) is 22.4 Å². The molecule has 7 nitrogen and oxygen atoms in total. The molecule has 7 heteroatoms. The molecule has 2 N–H and O–H groups in total. The monoisotopic (exact) mass is 479 g/mol. The Morgan fingerprint density at radius 3 is 2.31 bits per heavy atom. The minimum absolute atomic E-state index is 0.0206. The molecule has 1 unspecified atom stereocenters. The molecule has 0 fully saturated rings. The molecule has 0 aromatic heterocycles. The van der Waals surface area contributed by atoms with Gasteiger partial charge in [0.1, 0.15) is 5.76 Å². The highest BCUT2D eigenvalue weighted by Crippen LogP contribution is 2.39. The molecule has 2 aromatic carbocycles. The Morgan fingerprint density at radius 2 is 1.77 bits per heavy atom. The molecule has 1 heterocycles. The van der Waals surface area contributed by atoms with Crippen LogP contribution in [0.5, 0.6) is 11.5 Å². The maximum Gasteiger partial charge on any atom is 0.161 e. The second kappa shape index (κ2) is 11.5. The highest BCUT2D eigenvalue weighted by molar-refractivity contribution is 6.09. The van der Waals surface area contributed by atoms with Crippen molar-refractivity contribution < 1.29 is 19.0 Å². The quantitative estimate of drug-likeness (QED) is 0.209. The summed E-state index contributed by atoms with van der Waals surface area (Å²) >= 11 is 0. The summed E-state index contributed by atoms with van der Waals surface area (Å²) in [7, 11) is 4.90. The van der Waals surface area contributed by atoms with Gasteiger partial charge in [-0.2, -0.15) is 0 Å². The van der Waals surface area contributed by atoms with Crippen LogP contribution >= 0.6 is 0 Å². The van der Waals surface area contributed by atoms with Crippen molar-refractivity contribution in [3.63, 3.8) is 0 Å². The van der Waals surface area contributed by atoms with E-state index in [-0.39, 0.29) is 11.6 Å². The minimum atomic E-state index is -0.330. The van der Waals surface area contributed by atoms with Gasteiger partial charge in [0.05, 0.1) is 33.0 Å². The molecule has 0 spiro atoms. The number of hydrogen-bond acceptors (Lipinski definition) is 7. The number of hydrogen-bond donors (Lipinski definition) is 2. The first-order valence-corrected chi connectivity index (χ1v) is 11.7. The number of nitrogens with one attached hydrogen (secondary N) is 2. The Kier molecular flexibility index (Phi) is 8.72. The zero-order valence-corrected chi connectivity index (χ0v) is 21.6. The van der Waals surface area contributed by atoms with Crippen LogP contribution in [-0.4, -0.2) is 44.7 Å². The largest absolute Gasteiger partial charge is 0.496 e. The summed E-state index contributed by atoms with van der Waals surface area (Å²) in [6.45, 7) is 10.6. The van der Waals surface area contributed by atoms with Gasteiger partial charge in [0.15, 0.2) is 11.5 Å². The molecule has 1 aliphatic heterocycles. The van der Waals surface area contributed by atoms with Crippen molar-refractivity contribution in [2.45, 2.75) is 45.3 Å². The highest BCUT2D eigenvalue weighted by atomic mass is 16.7. The minimum Gasteiger partial charge on any atom is -0.496 e. The first-order valence-electron chi connectivity index (χ1n) is 11.7. The summed E-state index contributed by atoms with van der Waals surface area (Å²) in [6, 6.07) is 12.4. The van der Waals surface area contributed by atoms with E-state index in [1.807, 2.05) is 32.9 Å². The number of benzene rings is 2. The SMILES string of the molecule is C=C/C(OC)=C(\C=N)c1ccc(CC2c3cc(OC)c(OC)cc3CCN2NOC(C)(C)C)cc1. The summed E-state index contributed by atoms with van der Waals surface area (Å²) in [5, 5.41) is 9.96. The van der Waals surface area contributed by atoms with E-state index in [9.17, 15) is 0 Å². The fourth-order valence-corrected chi connectivity index (χ4v) is 4.20. The van der Waals surface area contributed by atoms with Crippen molar-refractivity contribution in [2.24, 2.45) is 0 Å². The van der Waals surface area contributed by atoms with Gasteiger partial charge in [-0.1, -0.05) is 30.8 Å². The third-order valence-electron chi connectivity index (χ3n) is 5.98. The fraction of sp³-hybridized carbons (Fsp3) is 0.393. The first-order chi connectivity index (χ1) is 16.7. The molecule has 2 aromatic rings. The standard InChI is InChI=1S/C28H37N3O4/c1-8-25(32-5)23(18-29)20-11-9-19(10-12-20)15-24-22-17-27(34-7)26(33-6)16-21(22)13-14-31(24)30-35-28(2,3)4/h8-12,16-18,24,29-30H,1,13-15H2,2-7H3/b25-23-,29-18?. The summed E-state index contributed by atoms with van der Waals surface area (Å²) in [5.41, 5.74) is 8.04. The smallest absolute Gasteiger partial charge is 0.161 e. The summed E-state index contributed by atoms with van der Waals surface area (Å²) in [5.74, 6) is 2.02. The molecule has 1 aliphatic rings. The van der Waals surface area contributed by atoms with Gasteiger partial charge in [-0.05, 0) is 74.1 Å². The molecular weight excluding hydrogens is 442 g/mol. The van der Waals surface area contributed by atoms with E-state index in [0.717, 1.165) is 36.3 Å². The van der Waals surface area contributed by atoms with E-state index in [2.05, 4.69) is 41.4 Å². The lowest BCUT2D eigenvalue weighted by Crippen LogP contribution is -2.48. The average molecular weight is 480 g/mol. The van der Waals surface area contributed by atoms with E-state index < -0.39 is 0 Å². The van der Waals surface area contributed by atoms with Crippen LogP contribution in [0.3, 0.4) is 0 Å². The van der Waals surface area contributed by atoms with Gasteiger partial charge in [-0.15, -0.1) is 5.59 Å². The maximum absolute atomic E-state index is 7.81. The van der Waals surface area contributed by atoms with Crippen LogP contribution in [0, 0.1) is 5.41 Å². The van der Waals surface area contributed by atoms with Gasteiger partial charge in [-0.3, -0.25) is 4.84 Å². The highest BCUT2D eigenvalue weighted by Gasteiger charge is 2.30. The number of rotatable bonds is 10. The van der Waals surface area contributed by atoms with Crippen LogP contribution in [0.1, 0.15) is 49.1 Å². The number of hydrazine groups is 1. The predicted molar refractivity (Wildman–Crippen MR) is 140 cm³/mol. The van der Waals surface area contributed by atoms with Crippen molar-refractivity contribution in [1.82, 2.24) is 10.6 Å². The van der Waals surface area contributed by atoms with Gasteiger partial charge in [0, 0.05) is 18.3 Å². The van der Waals surface area contributed by atoms with Gasteiger partial charge in [-0.25, -0.2) is 5.01 Å². The van der Waals surface area contributed by atoms with Crippen LogP contribution in [0.25, 0.3) is 5.57 Å². The molecule has 0 saturated carbocycles. The van der Waals surface area contributed by atoms with Gasteiger partial charge in [0.2, 0.25) is 0 Å². The van der Waals surface area contributed by atoms with Crippen molar-refractivity contribution in [3.05, 3.63) is 77.1 Å². The van der Waals surface area contributed by atoms with Crippen molar-refractivity contribution in [1.29, 1.82) is 5.41 Å².